The van der Waals surface area contributed by atoms with Crippen LogP contribution in [-0.2, 0) is 10.0 Å². The summed E-state index contributed by atoms with van der Waals surface area (Å²) in [4.78, 5) is 4.47. The van der Waals surface area contributed by atoms with Crippen LogP contribution in [0.1, 0.15) is 24.7 Å². The van der Waals surface area contributed by atoms with Gasteiger partial charge in [0.05, 0.1) is 6.26 Å². The molecule has 0 unspecified atom stereocenters. The molecule has 0 amide bonds. The van der Waals surface area contributed by atoms with E-state index in [0.29, 0.717) is 37.6 Å². The molecule has 0 radical (unpaired) electrons. The average Bonchev–Trinajstić information content (AvgIpc) is 2.96. The minimum Gasteiger partial charge on any atom is -0.339 e. The minimum absolute atomic E-state index is 0.117. The molecule has 118 valence electrons. The number of piperidine rings is 1. The lowest BCUT2D eigenvalue weighted by Gasteiger charge is -2.28. The molecule has 2 heterocycles. The lowest BCUT2D eigenvalue weighted by molar-refractivity contribution is 0.271. The Kier molecular flexibility index (Phi) is 4.33. The van der Waals surface area contributed by atoms with E-state index >= 15 is 0 Å². The van der Waals surface area contributed by atoms with Crippen LogP contribution in [0.15, 0.2) is 33.3 Å². The van der Waals surface area contributed by atoms with Crippen LogP contribution in [-0.4, -0.2) is 42.2 Å². The van der Waals surface area contributed by atoms with E-state index in [-0.39, 0.29) is 5.92 Å². The fraction of sp³-hybridized carbons (Fsp3) is 0.429. The lowest BCUT2D eigenvalue weighted by atomic mass is 9.98. The normalized spacial score (nSPS) is 17.7. The van der Waals surface area contributed by atoms with E-state index in [1.165, 1.54) is 10.6 Å². The zero-order valence-electron chi connectivity index (χ0n) is 12.1. The second kappa shape index (κ2) is 6.10. The summed E-state index contributed by atoms with van der Waals surface area (Å²) in [5.41, 5.74) is 0.887. The van der Waals surface area contributed by atoms with Crippen molar-refractivity contribution in [2.24, 2.45) is 0 Å². The van der Waals surface area contributed by atoms with Gasteiger partial charge in [-0.05, 0) is 25.0 Å². The van der Waals surface area contributed by atoms with Gasteiger partial charge in [-0.25, -0.2) is 12.7 Å². The predicted octanol–water partition coefficient (Wildman–Crippen LogP) is 2.64. The summed E-state index contributed by atoms with van der Waals surface area (Å²) in [7, 11) is -3.11. The number of sulfonamides is 1. The number of rotatable bonds is 3. The number of aromatic nitrogens is 2. The van der Waals surface area contributed by atoms with Gasteiger partial charge in [-0.1, -0.05) is 33.2 Å². The highest BCUT2D eigenvalue weighted by Gasteiger charge is 2.29. The molecule has 1 aliphatic heterocycles. The Hall–Kier alpha value is -1.25. The van der Waals surface area contributed by atoms with Crippen molar-refractivity contribution in [2.75, 3.05) is 19.3 Å². The molecule has 2 aromatic rings. The van der Waals surface area contributed by atoms with Gasteiger partial charge >= 0.3 is 0 Å². The van der Waals surface area contributed by atoms with Crippen LogP contribution in [0, 0.1) is 0 Å². The second-order valence-corrected chi connectivity index (χ2v) is 8.30. The number of benzene rings is 1. The summed E-state index contributed by atoms with van der Waals surface area (Å²) >= 11 is 3.42. The van der Waals surface area contributed by atoms with Crippen molar-refractivity contribution in [2.45, 2.75) is 18.8 Å². The molecule has 3 rings (SSSR count). The maximum Gasteiger partial charge on any atom is 0.230 e. The fourth-order valence-electron chi connectivity index (χ4n) is 2.58. The molecule has 8 heteroatoms. The second-order valence-electron chi connectivity index (χ2n) is 5.40. The maximum atomic E-state index is 11.5. The molecule has 22 heavy (non-hydrogen) atoms. The highest BCUT2D eigenvalue weighted by molar-refractivity contribution is 9.10. The molecule has 6 nitrogen and oxygen atoms in total. The van der Waals surface area contributed by atoms with Crippen LogP contribution in [0.4, 0.5) is 0 Å². The van der Waals surface area contributed by atoms with E-state index in [1.807, 2.05) is 24.3 Å². The van der Waals surface area contributed by atoms with E-state index in [1.54, 1.807) is 0 Å². The van der Waals surface area contributed by atoms with E-state index in [9.17, 15) is 8.42 Å². The van der Waals surface area contributed by atoms with E-state index < -0.39 is 10.0 Å². The molecular weight excluding hydrogens is 370 g/mol. The van der Waals surface area contributed by atoms with Crippen molar-refractivity contribution in [3.05, 3.63) is 34.6 Å². The number of nitrogens with zero attached hydrogens (tertiary/aromatic N) is 3. The average molecular weight is 386 g/mol. The van der Waals surface area contributed by atoms with Gasteiger partial charge in [-0.3, -0.25) is 0 Å². The first-order valence-electron chi connectivity index (χ1n) is 6.98. The minimum atomic E-state index is -3.11. The van der Waals surface area contributed by atoms with Gasteiger partial charge in [0.1, 0.15) is 0 Å². The van der Waals surface area contributed by atoms with Crippen LogP contribution >= 0.6 is 15.9 Å². The Labute approximate surface area is 137 Å². The quantitative estimate of drug-likeness (QED) is 0.811. The first kappa shape index (κ1) is 15.6. The van der Waals surface area contributed by atoms with Crippen molar-refractivity contribution < 1.29 is 12.9 Å². The van der Waals surface area contributed by atoms with Crippen molar-refractivity contribution in [3.63, 3.8) is 0 Å². The highest BCUT2D eigenvalue weighted by Crippen LogP contribution is 2.29. The van der Waals surface area contributed by atoms with Gasteiger partial charge in [0, 0.05) is 29.0 Å². The van der Waals surface area contributed by atoms with Crippen molar-refractivity contribution in [1.29, 1.82) is 0 Å². The molecule has 0 saturated carbocycles. The Morgan fingerprint density at radius 1 is 1.32 bits per heavy atom. The molecule has 0 bridgehead atoms. The summed E-state index contributed by atoms with van der Waals surface area (Å²) < 4.78 is 30.9. The standard InChI is InChI=1S/C14H16BrN3O3S/c1-22(19,20)18-7-5-10(6-8-18)14-16-13(17-21-14)11-3-2-4-12(15)9-11/h2-4,9-10H,5-8H2,1H3. The molecule has 1 aromatic heterocycles. The third-order valence-corrected chi connectivity index (χ3v) is 5.59. The SMILES string of the molecule is CS(=O)(=O)N1CCC(c2nc(-c3cccc(Br)c3)no2)CC1. The monoisotopic (exact) mass is 385 g/mol. The van der Waals surface area contributed by atoms with Crippen LogP contribution in [0.25, 0.3) is 11.4 Å². The van der Waals surface area contributed by atoms with Crippen molar-refractivity contribution in [3.8, 4) is 11.4 Å². The predicted molar refractivity (Wildman–Crippen MR) is 85.8 cm³/mol. The maximum absolute atomic E-state index is 11.5. The largest absolute Gasteiger partial charge is 0.339 e. The fourth-order valence-corrected chi connectivity index (χ4v) is 3.85. The lowest BCUT2D eigenvalue weighted by Crippen LogP contribution is -2.37. The Bertz CT molecular complexity index is 767. The molecule has 0 aliphatic carbocycles. The number of hydrogen-bond donors (Lipinski definition) is 0. The van der Waals surface area contributed by atoms with Crippen LogP contribution in [0.2, 0.25) is 0 Å². The van der Waals surface area contributed by atoms with Crippen LogP contribution in [0.3, 0.4) is 0 Å². The topological polar surface area (TPSA) is 76.3 Å². The molecule has 0 spiro atoms. The van der Waals surface area contributed by atoms with E-state index in [0.717, 1.165) is 10.0 Å². The number of halogens is 1. The third kappa shape index (κ3) is 3.39. The first-order chi connectivity index (χ1) is 10.4. The van der Waals surface area contributed by atoms with E-state index in [4.69, 9.17) is 4.52 Å². The molecule has 0 N–H and O–H groups in total. The summed E-state index contributed by atoms with van der Waals surface area (Å²) in [6.07, 6.45) is 2.64. The van der Waals surface area contributed by atoms with Crippen LogP contribution < -0.4 is 0 Å². The van der Waals surface area contributed by atoms with Gasteiger partial charge in [-0.15, -0.1) is 0 Å². The number of hydrogen-bond acceptors (Lipinski definition) is 5. The van der Waals surface area contributed by atoms with Gasteiger partial charge in [0.2, 0.25) is 21.7 Å². The van der Waals surface area contributed by atoms with Gasteiger partial charge in [0.25, 0.3) is 0 Å². The molecule has 1 aliphatic rings. The summed E-state index contributed by atoms with van der Waals surface area (Å²) in [6, 6.07) is 7.71. The van der Waals surface area contributed by atoms with Gasteiger partial charge in [0.15, 0.2) is 0 Å². The molecular formula is C14H16BrN3O3S. The third-order valence-electron chi connectivity index (χ3n) is 3.80. The van der Waals surface area contributed by atoms with Crippen molar-refractivity contribution in [1.82, 2.24) is 14.4 Å². The van der Waals surface area contributed by atoms with E-state index in [2.05, 4.69) is 26.1 Å². The molecule has 1 saturated heterocycles. The summed E-state index contributed by atoms with van der Waals surface area (Å²) in [5, 5.41) is 4.03. The zero-order valence-corrected chi connectivity index (χ0v) is 14.5. The summed E-state index contributed by atoms with van der Waals surface area (Å²) in [6.45, 7) is 0.996. The highest BCUT2D eigenvalue weighted by atomic mass is 79.9. The van der Waals surface area contributed by atoms with Gasteiger partial charge < -0.3 is 4.52 Å². The molecule has 0 atom stereocenters. The molecule has 1 fully saturated rings. The Morgan fingerprint density at radius 3 is 2.68 bits per heavy atom. The van der Waals surface area contributed by atoms with Crippen molar-refractivity contribution >= 4 is 26.0 Å². The first-order valence-corrected chi connectivity index (χ1v) is 9.62. The Morgan fingerprint density at radius 2 is 2.05 bits per heavy atom. The Balaban J connectivity index is 1.73. The smallest absolute Gasteiger partial charge is 0.230 e. The summed E-state index contributed by atoms with van der Waals surface area (Å²) in [5.74, 6) is 1.26. The van der Waals surface area contributed by atoms with Gasteiger partial charge in [-0.2, -0.15) is 4.98 Å². The zero-order chi connectivity index (χ0) is 15.7. The molecule has 1 aromatic carbocycles. The van der Waals surface area contributed by atoms with Crippen LogP contribution in [0.5, 0.6) is 0 Å².